The molecule has 88 valence electrons. The molecule has 0 unspecified atom stereocenters. The molecule has 0 aromatic carbocycles. The summed E-state index contributed by atoms with van der Waals surface area (Å²) in [5.41, 5.74) is 0. The number of unbranched alkanes of at least 4 members (excludes halogenated alkanes) is 2. The molecule has 0 radical (unpaired) electrons. The minimum atomic E-state index is -4.65. The highest BCUT2D eigenvalue weighted by Crippen LogP contribution is 1.98. The summed E-state index contributed by atoms with van der Waals surface area (Å²) < 4.78 is 28.7. The zero-order valence-electron chi connectivity index (χ0n) is 7.97. The van der Waals surface area contributed by atoms with Crippen LogP contribution in [0, 0.1) is 0 Å². The Bertz CT molecular complexity index is 322. The Kier molecular flexibility index (Phi) is 5.87. The lowest BCUT2D eigenvalue weighted by Gasteiger charge is -2.01. The standard InChI is InChI=1S/C7H13NO6S/c9-6(10)4-2-1-3-5-8-7(11)15(12,13)14/h1-5H2,(H,8,11)(H,9,10)(H,12,13,14). The Morgan fingerprint density at radius 2 is 1.73 bits per heavy atom. The number of carboxylic acid groups (broad SMARTS) is 1. The van der Waals surface area contributed by atoms with Gasteiger partial charge in [-0.2, -0.15) is 8.42 Å². The van der Waals surface area contributed by atoms with E-state index in [9.17, 15) is 18.0 Å². The average molecular weight is 239 g/mol. The molecule has 0 spiro atoms. The third kappa shape index (κ3) is 7.89. The molecular weight excluding hydrogens is 226 g/mol. The molecular formula is C7H13NO6S. The summed E-state index contributed by atoms with van der Waals surface area (Å²) in [5.74, 6) is -0.892. The lowest BCUT2D eigenvalue weighted by atomic mass is 10.2. The molecule has 0 aliphatic heterocycles. The van der Waals surface area contributed by atoms with Gasteiger partial charge in [-0.05, 0) is 12.8 Å². The molecule has 0 aliphatic carbocycles. The minimum absolute atomic E-state index is 0.0479. The summed E-state index contributed by atoms with van der Waals surface area (Å²) in [4.78, 5) is 20.7. The zero-order valence-corrected chi connectivity index (χ0v) is 8.79. The van der Waals surface area contributed by atoms with E-state index in [4.69, 9.17) is 9.66 Å². The Morgan fingerprint density at radius 1 is 1.13 bits per heavy atom. The molecule has 0 saturated carbocycles. The number of hydrogen-bond donors (Lipinski definition) is 3. The second-order valence-electron chi connectivity index (χ2n) is 2.89. The van der Waals surface area contributed by atoms with E-state index >= 15 is 0 Å². The van der Waals surface area contributed by atoms with Crippen molar-refractivity contribution in [3.05, 3.63) is 0 Å². The van der Waals surface area contributed by atoms with Crippen molar-refractivity contribution in [1.29, 1.82) is 0 Å². The number of rotatable bonds is 6. The Labute approximate surface area is 87.2 Å². The number of carboxylic acids is 1. The van der Waals surface area contributed by atoms with Crippen molar-refractivity contribution in [2.24, 2.45) is 0 Å². The van der Waals surface area contributed by atoms with Crippen LogP contribution in [0.25, 0.3) is 0 Å². The number of aliphatic carboxylic acids is 1. The van der Waals surface area contributed by atoms with E-state index in [2.05, 4.69) is 0 Å². The summed E-state index contributed by atoms with van der Waals surface area (Å²) in [6.45, 7) is 0.0955. The summed E-state index contributed by atoms with van der Waals surface area (Å²) in [6, 6.07) is 0. The summed E-state index contributed by atoms with van der Waals surface area (Å²) in [7, 11) is -4.65. The predicted octanol–water partition coefficient (Wildman–Crippen LogP) is 0.229. The van der Waals surface area contributed by atoms with Crippen LogP contribution >= 0.6 is 0 Å². The van der Waals surface area contributed by atoms with Crippen LogP contribution in [-0.2, 0) is 14.9 Å². The van der Waals surface area contributed by atoms with E-state index < -0.39 is 21.3 Å². The first kappa shape index (κ1) is 13.8. The fourth-order valence-electron chi connectivity index (χ4n) is 0.860. The van der Waals surface area contributed by atoms with E-state index in [0.29, 0.717) is 19.3 Å². The number of carbonyl (C=O) groups excluding carboxylic acids is 1. The molecule has 0 bridgehead atoms. The van der Waals surface area contributed by atoms with Gasteiger partial charge < -0.3 is 10.4 Å². The molecule has 8 heteroatoms. The Balaban J connectivity index is 3.48. The van der Waals surface area contributed by atoms with Gasteiger partial charge >= 0.3 is 21.3 Å². The lowest BCUT2D eigenvalue weighted by Crippen LogP contribution is -2.29. The monoisotopic (exact) mass is 239 g/mol. The molecule has 1 amide bonds. The van der Waals surface area contributed by atoms with Crippen molar-refractivity contribution in [2.75, 3.05) is 6.54 Å². The summed E-state index contributed by atoms with van der Waals surface area (Å²) >= 11 is 0. The number of nitrogens with one attached hydrogen (secondary N) is 1. The maximum atomic E-state index is 10.6. The van der Waals surface area contributed by atoms with Crippen LogP contribution in [0.2, 0.25) is 0 Å². The SMILES string of the molecule is O=C(O)CCCCCNC(=O)S(=O)(=O)O. The van der Waals surface area contributed by atoms with E-state index in [1.54, 1.807) is 0 Å². The van der Waals surface area contributed by atoms with Crippen LogP contribution in [0.4, 0.5) is 4.79 Å². The maximum absolute atomic E-state index is 10.6. The van der Waals surface area contributed by atoms with Crippen molar-refractivity contribution in [2.45, 2.75) is 25.7 Å². The molecule has 0 aromatic rings. The van der Waals surface area contributed by atoms with Gasteiger partial charge in [0.05, 0.1) is 0 Å². The largest absolute Gasteiger partial charge is 0.481 e. The van der Waals surface area contributed by atoms with Crippen molar-refractivity contribution in [3.8, 4) is 0 Å². The predicted molar refractivity (Wildman–Crippen MR) is 51.1 cm³/mol. The average Bonchev–Trinajstić information content (AvgIpc) is 2.08. The van der Waals surface area contributed by atoms with Gasteiger partial charge in [0.1, 0.15) is 0 Å². The third-order valence-corrected chi connectivity index (χ3v) is 2.18. The molecule has 15 heavy (non-hydrogen) atoms. The van der Waals surface area contributed by atoms with Gasteiger partial charge in [0.2, 0.25) is 0 Å². The molecule has 0 aromatic heterocycles. The van der Waals surface area contributed by atoms with Gasteiger partial charge in [-0.15, -0.1) is 0 Å². The molecule has 3 N–H and O–H groups in total. The van der Waals surface area contributed by atoms with Gasteiger partial charge in [-0.1, -0.05) is 6.42 Å². The third-order valence-electron chi connectivity index (χ3n) is 1.57. The first-order valence-corrected chi connectivity index (χ1v) is 5.75. The maximum Gasteiger partial charge on any atom is 0.363 e. The highest BCUT2D eigenvalue weighted by atomic mass is 32.2. The Hall–Kier alpha value is -1.15. The highest BCUT2D eigenvalue weighted by Gasteiger charge is 2.16. The van der Waals surface area contributed by atoms with E-state index in [1.807, 2.05) is 5.32 Å². The van der Waals surface area contributed by atoms with Crippen LogP contribution in [-0.4, -0.2) is 35.8 Å². The second-order valence-corrected chi connectivity index (χ2v) is 4.21. The molecule has 0 saturated heterocycles. The van der Waals surface area contributed by atoms with Crippen molar-refractivity contribution in [3.63, 3.8) is 0 Å². The smallest absolute Gasteiger partial charge is 0.363 e. The van der Waals surface area contributed by atoms with Gasteiger partial charge in [0.15, 0.2) is 0 Å². The lowest BCUT2D eigenvalue weighted by molar-refractivity contribution is -0.137. The first-order valence-electron chi connectivity index (χ1n) is 4.31. The molecule has 0 aliphatic rings. The van der Waals surface area contributed by atoms with Crippen molar-refractivity contribution >= 4 is 21.3 Å². The van der Waals surface area contributed by atoms with Gasteiger partial charge in [-0.3, -0.25) is 14.1 Å². The first-order chi connectivity index (χ1) is 6.84. The molecule has 0 heterocycles. The molecule has 0 rings (SSSR count). The fourth-order valence-corrected chi connectivity index (χ4v) is 1.14. The van der Waals surface area contributed by atoms with Crippen LogP contribution in [0.3, 0.4) is 0 Å². The van der Waals surface area contributed by atoms with E-state index in [0.717, 1.165) is 0 Å². The Morgan fingerprint density at radius 3 is 2.20 bits per heavy atom. The van der Waals surface area contributed by atoms with E-state index in [-0.39, 0.29) is 13.0 Å². The molecule has 0 fully saturated rings. The molecule has 0 atom stereocenters. The van der Waals surface area contributed by atoms with Crippen molar-refractivity contribution < 1.29 is 27.7 Å². The summed E-state index contributed by atoms with van der Waals surface area (Å²) in [5, 5.41) is 8.84. The van der Waals surface area contributed by atoms with Gasteiger partial charge in [-0.25, -0.2) is 0 Å². The highest BCUT2D eigenvalue weighted by molar-refractivity contribution is 8.01. The van der Waals surface area contributed by atoms with Crippen LogP contribution in [0.1, 0.15) is 25.7 Å². The number of hydrogen-bond acceptors (Lipinski definition) is 4. The van der Waals surface area contributed by atoms with Crippen LogP contribution in [0.5, 0.6) is 0 Å². The second kappa shape index (κ2) is 6.36. The van der Waals surface area contributed by atoms with E-state index in [1.165, 1.54) is 0 Å². The number of amides is 1. The van der Waals surface area contributed by atoms with Gasteiger partial charge in [0, 0.05) is 13.0 Å². The molecule has 7 nitrogen and oxygen atoms in total. The van der Waals surface area contributed by atoms with Crippen LogP contribution < -0.4 is 5.32 Å². The van der Waals surface area contributed by atoms with Gasteiger partial charge in [0.25, 0.3) is 0 Å². The normalized spacial score (nSPS) is 11.0. The fraction of sp³-hybridized carbons (Fsp3) is 0.714. The van der Waals surface area contributed by atoms with Crippen molar-refractivity contribution in [1.82, 2.24) is 5.32 Å². The minimum Gasteiger partial charge on any atom is -0.481 e. The summed E-state index contributed by atoms with van der Waals surface area (Å²) in [6.07, 6.45) is 1.55. The quantitative estimate of drug-likeness (QED) is 0.450. The van der Waals surface area contributed by atoms with Crippen LogP contribution in [0.15, 0.2) is 0 Å². The topological polar surface area (TPSA) is 121 Å². The zero-order chi connectivity index (χ0) is 11.9. The number of carbonyl (C=O) groups is 2.